The van der Waals surface area contributed by atoms with Crippen molar-refractivity contribution < 1.29 is 4.79 Å². The van der Waals surface area contributed by atoms with E-state index in [-0.39, 0.29) is 11.9 Å². The third-order valence-electron chi connectivity index (χ3n) is 3.40. The Kier molecular flexibility index (Phi) is 4.33. The molecule has 0 bridgehead atoms. The highest BCUT2D eigenvalue weighted by Gasteiger charge is 2.33. The van der Waals surface area contributed by atoms with Gasteiger partial charge in [0.15, 0.2) is 0 Å². The molecular formula is C12H25N3O. The molecule has 1 rings (SSSR count). The molecule has 0 aliphatic carbocycles. The van der Waals surface area contributed by atoms with Crippen molar-refractivity contribution in [1.82, 2.24) is 9.80 Å². The van der Waals surface area contributed by atoms with Gasteiger partial charge in [0.1, 0.15) is 0 Å². The summed E-state index contributed by atoms with van der Waals surface area (Å²) >= 11 is 0. The van der Waals surface area contributed by atoms with Gasteiger partial charge in [-0.1, -0.05) is 13.8 Å². The molecule has 2 N–H and O–H groups in total. The molecular weight excluding hydrogens is 202 g/mol. The Morgan fingerprint density at radius 1 is 1.50 bits per heavy atom. The fourth-order valence-electron chi connectivity index (χ4n) is 2.21. The van der Waals surface area contributed by atoms with Gasteiger partial charge in [-0.25, -0.2) is 0 Å². The number of nitrogens with zero attached hydrogens (tertiary/aromatic N) is 2. The number of carbonyl (C=O) groups excluding carboxylic acids is 1. The van der Waals surface area contributed by atoms with E-state index in [2.05, 4.69) is 18.7 Å². The molecule has 0 radical (unpaired) electrons. The summed E-state index contributed by atoms with van der Waals surface area (Å²) in [5.41, 5.74) is 6.15. The van der Waals surface area contributed by atoms with E-state index in [0.29, 0.717) is 18.4 Å². The Morgan fingerprint density at radius 2 is 2.12 bits per heavy atom. The molecule has 1 aliphatic heterocycles. The summed E-state index contributed by atoms with van der Waals surface area (Å²) in [4.78, 5) is 15.7. The molecule has 0 saturated carbocycles. The predicted octanol–water partition coefficient (Wildman–Crippen LogP) is 0.524. The van der Waals surface area contributed by atoms with Crippen molar-refractivity contribution in [3.63, 3.8) is 0 Å². The molecule has 1 fully saturated rings. The summed E-state index contributed by atoms with van der Waals surface area (Å²) in [5.74, 6) is 0.167. The molecule has 1 aliphatic rings. The lowest BCUT2D eigenvalue weighted by Gasteiger charge is -2.28. The molecule has 1 amide bonds. The van der Waals surface area contributed by atoms with E-state index in [0.717, 1.165) is 13.1 Å². The van der Waals surface area contributed by atoms with Gasteiger partial charge in [0.05, 0.1) is 0 Å². The van der Waals surface area contributed by atoms with E-state index in [4.69, 9.17) is 5.73 Å². The van der Waals surface area contributed by atoms with Crippen LogP contribution in [-0.4, -0.2) is 55.5 Å². The largest absolute Gasteiger partial charge is 0.349 e. The average molecular weight is 227 g/mol. The summed E-state index contributed by atoms with van der Waals surface area (Å²) in [6, 6.07) is 0.205. The monoisotopic (exact) mass is 227 g/mol. The van der Waals surface area contributed by atoms with Gasteiger partial charge in [-0.15, -0.1) is 0 Å². The topological polar surface area (TPSA) is 49.6 Å². The van der Waals surface area contributed by atoms with Crippen molar-refractivity contribution in [3.8, 4) is 0 Å². The van der Waals surface area contributed by atoms with E-state index in [1.807, 2.05) is 0 Å². The zero-order valence-corrected chi connectivity index (χ0v) is 11.0. The maximum Gasteiger partial charge on any atom is 0.223 e. The van der Waals surface area contributed by atoms with Crippen LogP contribution in [-0.2, 0) is 4.79 Å². The van der Waals surface area contributed by atoms with Crippen LogP contribution in [0.2, 0.25) is 0 Å². The summed E-state index contributed by atoms with van der Waals surface area (Å²) in [6.07, 6.45) is 1.74. The standard InChI is InChI=1S/C12H25N3O/c1-12(2)5-6-15(9-12)10(8-13)7-11(16)14(3)4/h10H,5-9,13H2,1-4H3. The number of hydrogen-bond donors (Lipinski definition) is 1. The summed E-state index contributed by atoms with van der Waals surface area (Å²) in [6.45, 7) is 7.23. The lowest BCUT2D eigenvalue weighted by molar-refractivity contribution is -0.129. The van der Waals surface area contributed by atoms with E-state index >= 15 is 0 Å². The molecule has 94 valence electrons. The second-order valence-corrected chi connectivity index (χ2v) is 5.77. The van der Waals surface area contributed by atoms with Gasteiger partial charge in [0, 0.05) is 39.6 Å². The van der Waals surface area contributed by atoms with Crippen LogP contribution in [0.3, 0.4) is 0 Å². The zero-order valence-electron chi connectivity index (χ0n) is 11.0. The van der Waals surface area contributed by atoms with Crippen LogP contribution >= 0.6 is 0 Å². The smallest absolute Gasteiger partial charge is 0.223 e. The van der Waals surface area contributed by atoms with Crippen molar-refractivity contribution in [2.75, 3.05) is 33.7 Å². The van der Waals surface area contributed by atoms with Crippen LogP contribution in [0.25, 0.3) is 0 Å². The molecule has 0 aromatic heterocycles. The molecule has 0 aromatic carbocycles. The fourth-order valence-corrected chi connectivity index (χ4v) is 2.21. The Labute approximate surface area is 98.8 Å². The maximum atomic E-state index is 11.7. The number of carbonyl (C=O) groups is 1. The van der Waals surface area contributed by atoms with Crippen LogP contribution < -0.4 is 5.73 Å². The van der Waals surface area contributed by atoms with Gasteiger partial charge in [-0.2, -0.15) is 0 Å². The molecule has 1 atom stereocenters. The SMILES string of the molecule is CN(C)C(=O)CC(CN)N1CCC(C)(C)C1. The second-order valence-electron chi connectivity index (χ2n) is 5.77. The summed E-state index contributed by atoms with van der Waals surface area (Å²) in [5, 5.41) is 0. The number of amides is 1. The first-order valence-corrected chi connectivity index (χ1v) is 6.00. The first-order valence-electron chi connectivity index (χ1n) is 6.00. The fraction of sp³-hybridized carbons (Fsp3) is 0.917. The molecule has 4 heteroatoms. The van der Waals surface area contributed by atoms with Crippen LogP contribution in [0.5, 0.6) is 0 Å². The first kappa shape index (κ1) is 13.5. The minimum atomic E-state index is 0.167. The van der Waals surface area contributed by atoms with E-state index in [1.165, 1.54) is 6.42 Å². The second kappa shape index (κ2) is 5.15. The third kappa shape index (κ3) is 3.46. The number of nitrogens with two attached hydrogens (primary N) is 1. The van der Waals surface area contributed by atoms with Crippen LogP contribution in [0.1, 0.15) is 26.7 Å². The molecule has 16 heavy (non-hydrogen) atoms. The van der Waals surface area contributed by atoms with Crippen molar-refractivity contribution >= 4 is 5.91 Å². The molecule has 1 unspecified atom stereocenters. The number of likely N-dealkylation sites (tertiary alicyclic amines) is 1. The van der Waals surface area contributed by atoms with Gasteiger partial charge in [-0.3, -0.25) is 9.69 Å². The van der Waals surface area contributed by atoms with Crippen LogP contribution in [0, 0.1) is 5.41 Å². The van der Waals surface area contributed by atoms with Crippen LogP contribution in [0.15, 0.2) is 0 Å². The van der Waals surface area contributed by atoms with E-state index in [1.54, 1.807) is 19.0 Å². The van der Waals surface area contributed by atoms with Crippen LogP contribution in [0.4, 0.5) is 0 Å². The molecule has 0 spiro atoms. The Morgan fingerprint density at radius 3 is 2.50 bits per heavy atom. The average Bonchev–Trinajstić information content (AvgIpc) is 2.54. The van der Waals surface area contributed by atoms with Crippen molar-refractivity contribution in [1.29, 1.82) is 0 Å². The molecule has 0 aromatic rings. The highest BCUT2D eigenvalue weighted by molar-refractivity contribution is 5.76. The van der Waals surface area contributed by atoms with E-state index < -0.39 is 0 Å². The lowest BCUT2D eigenvalue weighted by Crippen LogP contribution is -2.43. The number of rotatable bonds is 4. The van der Waals surface area contributed by atoms with Crippen molar-refractivity contribution in [2.24, 2.45) is 11.1 Å². The Balaban J connectivity index is 2.52. The number of hydrogen-bond acceptors (Lipinski definition) is 3. The van der Waals surface area contributed by atoms with Gasteiger partial charge in [-0.05, 0) is 18.4 Å². The molecule has 1 heterocycles. The summed E-state index contributed by atoms with van der Waals surface area (Å²) in [7, 11) is 3.59. The summed E-state index contributed by atoms with van der Waals surface area (Å²) < 4.78 is 0. The highest BCUT2D eigenvalue weighted by atomic mass is 16.2. The molecule has 4 nitrogen and oxygen atoms in total. The normalized spacial score (nSPS) is 22.1. The molecule has 1 saturated heterocycles. The zero-order chi connectivity index (χ0) is 12.3. The quantitative estimate of drug-likeness (QED) is 0.762. The highest BCUT2D eigenvalue weighted by Crippen LogP contribution is 2.30. The van der Waals surface area contributed by atoms with Gasteiger partial charge in [0.25, 0.3) is 0 Å². The maximum absolute atomic E-state index is 11.7. The van der Waals surface area contributed by atoms with Gasteiger partial charge in [0.2, 0.25) is 5.91 Å². The van der Waals surface area contributed by atoms with Crippen molar-refractivity contribution in [3.05, 3.63) is 0 Å². The minimum absolute atomic E-state index is 0.167. The van der Waals surface area contributed by atoms with Gasteiger partial charge < -0.3 is 10.6 Å². The Bertz CT molecular complexity index is 251. The third-order valence-corrected chi connectivity index (χ3v) is 3.40. The predicted molar refractivity (Wildman–Crippen MR) is 66.1 cm³/mol. The van der Waals surface area contributed by atoms with E-state index in [9.17, 15) is 4.79 Å². The minimum Gasteiger partial charge on any atom is -0.349 e. The first-order chi connectivity index (χ1) is 7.35. The lowest BCUT2D eigenvalue weighted by atomic mass is 9.93. The van der Waals surface area contributed by atoms with Crippen molar-refractivity contribution in [2.45, 2.75) is 32.7 Å². The Hall–Kier alpha value is -0.610. The van der Waals surface area contributed by atoms with Gasteiger partial charge >= 0.3 is 0 Å².